The fraction of sp³-hybridized carbons (Fsp3) is 0.333. The molecule has 6 nitrogen and oxygen atoms in total. The molecule has 2 atom stereocenters. The van der Waals surface area contributed by atoms with Gasteiger partial charge < -0.3 is 10.2 Å². The quantitative estimate of drug-likeness (QED) is 0.922. The van der Waals surface area contributed by atoms with Crippen molar-refractivity contribution in [1.29, 1.82) is 0 Å². The minimum absolute atomic E-state index is 0.0110. The minimum Gasteiger partial charge on any atom is -0.346 e. The van der Waals surface area contributed by atoms with E-state index in [2.05, 4.69) is 15.3 Å². The van der Waals surface area contributed by atoms with Crippen molar-refractivity contribution in [3.05, 3.63) is 59.9 Å². The summed E-state index contributed by atoms with van der Waals surface area (Å²) in [5.41, 5.74) is 0.804. The Balaban J connectivity index is 1.62. The second-order valence-corrected chi connectivity index (χ2v) is 6.40. The van der Waals surface area contributed by atoms with E-state index in [1.165, 1.54) is 12.3 Å². The molecule has 0 radical (unpaired) electrons. The number of hydrogen-bond acceptors (Lipinski definition) is 4. The fourth-order valence-electron chi connectivity index (χ4n) is 3.42. The Labute approximate surface area is 144 Å². The van der Waals surface area contributed by atoms with Gasteiger partial charge in [-0.05, 0) is 30.5 Å². The summed E-state index contributed by atoms with van der Waals surface area (Å²) in [6.45, 7) is 0. The lowest BCUT2D eigenvalue weighted by atomic mass is 10.0. The summed E-state index contributed by atoms with van der Waals surface area (Å²) < 4.78 is 13.8. The number of halogens is 1. The zero-order valence-corrected chi connectivity index (χ0v) is 13.4. The average Bonchev–Trinajstić information content (AvgIpc) is 3.40. The largest absolute Gasteiger partial charge is 0.346 e. The predicted molar refractivity (Wildman–Crippen MR) is 86.9 cm³/mol. The second kappa shape index (κ2) is 6.23. The number of likely N-dealkylation sites (tertiary alicyclic amines) is 1. The number of nitrogens with zero attached hydrogens (tertiary/aromatic N) is 3. The Kier molecular flexibility index (Phi) is 3.91. The maximum absolute atomic E-state index is 13.8. The van der Waals surface area contributed by atoms with Crippen molar-refractivity contribution in [3.8, 4) is 0 Å². The van der Waals surface area contributed by atoms with Gasteiger partial charge in [-0.2, -0.15) is 0 Å². The SMILES string of the molecule is O=C(N[C@@H]1CC(=O)N(C2CC2)[C@H]1c1cccnc1)c1ccncc1F. The molecule has 2 aliphatic rings. The second-order valence-electron chi connectivity index (χ2n) is 6.40. The van der Waals surface area contributed by atoms with Crippen LogP contribution < -0.4 is 5.32 Å². The molecule has 4 rings (SSSR count). The number of hydrogen-bond donors (Lipinski definition) is 1. The molecule has 0 spiro atoms. The Morgan fingerprint density at radius 1 is 1.20 bits per heavy atom. The molecule has 1 N–H and O–H groups in total. The van der Waals surface area contributed by atoms with Gasteiger partial charge in [0.1, 0.15) is 0 Å². The molecule has 1 saturated heterocycles. The van der Waals surface area contributed by atoms with Gasteiger partial charge in [0.05, 0.1) is 23.8 Å². The molecule has 128 valence electrons. The lowest BCUT2D eigenvalue weighted by molar-refractivity contribution is -0.129. The van der Waals surface area contributed by atoms with Crippen LogP contribution in [0.3, 0.4) is 0 Å². The molecule has 7 heteroatoms. The van der Waals surface area contributed by atoms with Crippen molar-refractivity contribution in [2.45, 2.75) is 37.4 Å². The normalized spacial score (nSPS) is 22.9. The highest BCUT2D eigenvalue weighted by molar-refractivity contribution is 5.95. The highest BCUT2D eigenvalue weighted by Crippen LogP contribution is 2.41. The summed E-state index contributed by atoms with van der Waals surface area (Å²) in [5.74, 6) is -1.21. The van der Waals surface area contributed by atoms with Gasteiger partial charge >= 0.3 is 0 Å². The summed E-state index contributed by atoms with van der Waals surface area (Å²) in [5, 5.41) is 2.83. The average molecular weight is 340 g/mol. The highest BCUT2D eigenvalue weighted by Gasteiger charge is 2.47. The minimum atomic E-state index is -0.679. The number of nitrogens with one attached hydrogen (secondary N) is 1. The third kappa shape index (κ3) is 2.97. The monoisotopic (exact) mass is 340 g/mol. The standard InChI is InChI=1S/C18H17FN4O2/c19-14-10-21-7-5-13(14)18(25)22-15-8-16(24)23(12-3-4-12)17(15)11-2-1-6-20-9-11/h1-2,5-7,9-10,12,15,17H,3-4,8H2,(H,22,25)/t15-,17+/m1/s1. The first-order chi connectivity index (χ1) is 12.1. The third-order valence-corrected chi connectivity index (χ3v) is 4.66. The third-order valence-electron chi connectivity index (χ3n) is 4.66. The molecule has 1 aliphatic heterocycles. The van der Waals surface area contributed by atoms with E-state index in [4.69, 9.17) is 0 Å². The van der Waals surface area contributed by atoms with Crippen molar-refractivity contribution in [2.24, 2.45) is 0 Å². The molecular weight excluding hydrogens is 323 g/mol. The van der Waals surface area contributed by atoms with Gasteiger partial charge in [0, 0.05) is 31.1 Å². The van der Waals surface area contributed by atoms with E-state index >= 15 is 0 Å². The summed E-state index contributed by atoms with van der Waals surface area (Å²) in [6, 6.07) is 4.57. The maximum atomic E-state index is 13.8. The molecule has 0 unspecified atom stereocenters. The molecular formula is C18H17FN4O2. The van der Waals surface area contributed by atoms with E-state index < -0.39 is 17.8 Å². The van der Waals surface area contributed by atoms with Crippen LogP contribution in [0.15, 0.2) is 43.0 Å². The van der Waals surface area contributed by atoms with Crippen molar-refractivity contribution in [3.63, 3.8) is 0 Å². The van der Waals surface area contributed by atoms with Crippen molar-refractivity contribution < 1.29 is 14.0 Å². The van der Waals surface area contributed by atoms with Crippen molar-refractivity contribution >= 4 is 11.8 Å². The lowest BCUT2D eigenvalue weighted by Crippen LogP contribution is -2.40. The van der Waals surface area contributed by atoms with E-state index in [0.717, 1.165) is 24.6 Å². The zero-order chi connectivity index (χ0) is 17.4. The Morgan fingerprint density at radius 3 is 2.68 bits per heavy atom. The van der Waals surface area contributed by atoms with Crippen LogP contribution >= 0.6 is 0 Å². The summed E-state index contributed by atoms with van der Waals surface area (Å²) in [7, 11) is 0. The van der Waals surface area contributed by atoms with Crippen LogP contribution in [0.5, 0.6) is 0 Å². The number of carbonyl (C=O) groups excluding carboxylic acids is 2. The molecule has 2 fully saturated rings. The van der Waals surface area contributed by atoms with Crippen molar-refractivity contribution in [1.82, 2.24) is 20.2 Å². The van der Waals surface area contributed by atoms with E-state index in [1.807, 2.05) is 17.0 Å². The highest BCUT2D eigenvalue weighted by atomic mass is 19.1. The van der Waals surface area contributed by atoms with E-state index in [0.29, 0.717) is 0 Å². The van der Waals surface area contributed by atoms with Gasteiger partial charge in [0.15, 0.2) is 5.82 Å². The smallest absolute Gasteiger partial charge is 0.254 e. The molecule has 2 amide bonds. The van der Waals surface area contributed by atoms with Gasteiger partial charge in [0.2, 0.25) is 5.91 Å². The van der Waals surface area contributed by atoms with Crippen LogP contribution in [-0.4, -0.2) is 38.8 Å². The number of aromatic nitrogens is 2. The fourth-order valence-corrected chi connectivity index (χ4v) is 3.42. The molecule has 0 aromatic carbocycles. The Hall–Kier alpha value is -2.83. The first-order valence-corrected chi connectivity index (χ1v) is 8.26. The Morgan fingerprint density at radius 2 is 2.00 bits per heavy atom. The molecule has 1 saturated carbocycles. The predicted octanol–water partition coefficient (Wildman–Crippen LogP) is 1.85. The van der Waals surface area contributed by atoms with Crippen LogP contribution in [0, 0.1) is 5.82 Å². The van der Waals surface area contributed by atoms with Gasteiger partial charge in [-0.25, -0.2) is 4.39 Å². The molecule has 0 bridgehead atoms. The Bertz CT molecular complexity index is 810. The molecule has 25 heavy (non-hydrogen) atoms. The first kappa shape index (κ1) is 15.7. The van der Waals surface area contributed by atoms with Gasteiger partial charge in [-0.3, -0.25) is 19.6 Å². The number of amides is 2. The maximum Gasteiger partial charge on any atom is 0.254 e. The van der Waals surface area contributed by atoms with E-state index in [9.17, 15) is 14.0 Å². The van der Waals surface area contributed by atoms with Crippen LogP contribution in [0.25, 0.3) is 0 Å². The number of rotatable bonds is 4. The first-order valence-electron chi connectivity index (χ1n) is 8.26. The van der Waals surface area contributed by atoms with Gasteiger partial charge in [0.25, 0.3) is 5.91 Å². The van der Waals surface area contributed by atoms with Crippen molar-refractivity contribution in [2.75, 3.05) is 0 Å². The molecule has 3 heterocycles. The van der Waals surface area contributed by atoms with Crippen LogP contribution in [0.1, 0.15) is 41.2 Å². The molecule has 2 aromatic heterocycles. The lowest BCUT2D eigenvalue weighted by Gasteiger charge is -2.28. The zero-order valence-electron chi connectivity index (χ0n) is 13.4. The summed E-state index contributed by atoms with van der Waals surface area (Å²) >= 11 is 0. The van der Waals surface area contributed by atoms with Gasteiger partial charge in [-0.15, -0.1) is 0 Å². The molecule has 1 aliphatic carbocycles. The summed E-state index contributed by atoms with van der Waals surface area (Å²) in [6.07, 6.45) is 7.90. The summed E-state index contributed by atoms with van der Waals surface area (Å²) in [4.78, 5) is 34.6. The number of pyridine rings is 2. The van der Waals surface area contributed by atoms with Crippen LogP contribution in [0.4, 0.5) is 4.39 Å². The molecule has 2 aromatic rings. The van der Waals surface area contributed by atoms with Crippen LogP contribution in [0.2, 0.25) is 0 Å². The number of carbonyl (C=O) groups is 2. The van der Waals surface area contributed by atoms with E-state index in [1.54, 1.807) is 12.4 Å². The van der Waals surface area contributed by atoms with Gasteiger partial charge in [-0.1, -0.05) is 6.07 Å². The van der Waals surface area contributed by atoms with Crippen LogP contribution in [-0.2, 0) is 4.79 Å². The topological polar surface area (TPSA) is 75.2 Å². The van der Waals surface area contributed by atoms with E-state index in [-0.39, 0.29) is 30.0 Å².